The second-order valence-electron chi connectivity index (χ2n) is 4.28. The van der Waals surface area contributed by atoms with Gasteiger partial charge in [0.25, 0.3) is 0 Å². The van der Waals surface area contributed by atoms with Gasteiger partial charge in [-0.05, 0) is 24.3 Å². The second kappa shape index (κ2) is 5.05. The van der Waals surface area contributed by atoms with Gasteiger partial charge in [-0.15, -0.1) is 0 Å². The highest BCUT2D eigenvalue weighted by atomic mass is 79.9. The highest BCUT2D eigenvalue weighted by molar-refractivity contribution is 9.09. The molecule has 0 bridgehead atoms. The van der Waals surface area contributed by atoms with E-state index in [9.17, 15) is 4.79 Å². The molecule has 96 valence electrons. The van der Waals surface area contributed by atoms with Crippen LogP contribution in [0.25, 0.3) is 16.7 Å². The molecule has 0 radical (unpaired) electrons. The molecule has 0 saturated carbocycles. The van der Waals surface area contributed by atoms with Crippen LogP contribution in [0.1, 0.15) is 0 Å². The first kappa shape index (κ1) is 12.2. The van der Waals surface area contributed by atoms with Crippen molar-refractivity contribution in [1.82, 2.24) is 9.13 Å². The fourth-order valence-electron chi connectivity index (χ4n) is 2.34. The Labute approximate surface area is 119 Å². The van der Waals surface area contributed by atoms with Crippen LogP contribution in [0.5, 0.6) is 0 Å². The molecule has 1 aromatic heterocycles. The van der Waals surface area contributed by atoms with Gasteiger partial charge in [0.1, 0.15) is 0 Å². The fourth-order valence-corrected chi connectivity index (χ4v) is 2.69. The van der Waals surface area contributed by atoms with E-state index < -0.39 is 0 Å². The van der Waals surface area contributed by atoms with Crippen LogP contribution in [-0.2, 0) is 6.54 Å². The molecule has 4 heteroatoms. The zero-order valence-electron chi connectivity index (χ0n) is 10.3. The Morgan fingerprint density at radius 3 is 2.21 bits per heavy atom. The number of hydrogen-bond acceptors (Lipinski definition) is 1. The lowest BCUT2D eigenvalue weighted by Crippen LogP contribution is -2.23. The van der Waals surface area contributed by atoms with E-state index in [1.54, 1.807) is 9.13 Å². The van der Waals surface area contributed by atoms with Crippen molar-refractivity contribution >= 4 is 27.0 Å². The van der Waals surface area contributed by atoms with Gasteiger partial charge < -0.3 is 0 Å². The minimum atomic E-state index is 0.00634. The summed E-state index contributed by atoms with van der Waals surface area (Å²) in [5, 5.41) is 0.760. The third-order valence-electron chi connectivity index (χ3n) is 3.16. The molecule has 3 rings (SSSR count). The Balaban J connectivity index is 2.37. The molecule has 0 saturated heterocycles. The molecule has 1 heterocycles. The van der Waals surface area contributed by atoms with Crippen LogP contribution in [0, 0.1) is 0 Å². The van der Waals surface area contributed by atoms with Crippen LogP contribution in [0.2, 0.25) is 0 Å². The number of para-hydroxylation sites is 3. The normalized spacial score (nSPS) is 11.0. The number of rotatable bonds is 3. The molecule has 0 atom stereocenters. The van der Waals surface area contributed by atoms with E-state index in [1.165, 1.54) is 0 Å². The molecule has 0 N–H and O–H groups in total. The predicted octanol–water partition coefficient (Wildman–Crippen LogP) is 3.19. The molecule has 0 spiro atoms. The van der Waals surface area contributed by atoms with Crippen LogP contribution < -0.4 is 5.69 Å². The quantitative estimate of drug-likeness (QED) is 0.682. The van der Waals surface area contributed by atoms with Gasteiger partial charge in [0, 0.05) is 11.9 Å². The van der Waals surface area contributed by atoms with Gasteiger partial charge in [-0.1, -0.05) is 46.3 Å². The Bertz CT molecular complexity index is 759. The van der Waals surface area contributed by atoms with Crippen LogP contribution >= 0.6 is 15.9 Å². The summed E-state index contributed by atoms with van der Waals surface area (Å²) in [6.45, 7) is 0.666. The number of aryl methyl sites for hydroxylation is 1. The maximum absolute atomic E-state index is 12.6. The molecule has 0 aliphatic rings. The lowest BCUT2D eigenvalue weighted by molar-refractivity contribution is 0.745. The van der Waals surface area contributed by atoms with Gasteiger partial charge in [0.15, 0.2) is 0 Å². The van der Waals surface area contributed by atoms with Gasteiger partial charge in [-0.2, -0.15) is 0 Å². The maximum Gasteiger partial charge on any atom is 0.333 e. The topological polar surface area (TPSA) is 26.9 Å². The van der Waals surface area contributed by atoms with E-state index in [-0.39, 0.29) is 5.69 Å². The number of halogens is 1. The van der Waals surface area contributed by atoms with Crippen molar-refractivity contribution in [2.24, 2.45) is 0 Å². The average Bonchev–Trinajstić information content (AvgIpc) is 2.73. The number of benzene rings is 2. The summed E-state index contributed by atoms with van der Waals surface area (Å²) in [5.41, 5.74) is 2.82. The number of nitrogens with zero attached hydrogens (tertiary/aromatic N) is 2. The van der Waals surface area contributed by atoms with E-state index in [2.05, 4.69) is 15.9 Å². The van der Waals surface area contributed by atoms with Gasteiger partial charge >= 0.3 is 5.69 Å². The third kappa shape index (κ3) is 2.02. The molecule has 3 aromatic rings. The summed E-state index contributed by atoms with van der Waals surface area (Å²) in [5.74, 6) is 0. The fraction of sp³-hybridized carbons (Fsp3) is 0.133. The van der Waals surface area contributed by atoms with Crippen LogP contribution in [0.15, 0.2) is 59.4 Å². The van der Waals surface area contributed by atoms with Crippen LogP contribution in [0.4, 0.5) is 0 Å². The molecule has 3 nitrogen and oxygen atoms in total. The maximum atomic E-state index is 12.6. The van der Waals surface area contributed by atoms with E-state index in [4.69, 9.17) is 0 Å². The highest BCUT2D eigenvalue weighted by Gasteiger charge is 2.12. The van der Waals surface area contributed by atoms with E-state index in [0.29, 0.717) is 6.54 Å². The second-order valence-corrected chi connectivity index (χ2v) is 5.08. The number of aromatic nitrogens is 2. The van der Waals surface area contributed by atoms with Crippen molar-refractivity contribution < 1.29 is 0 Å². The van der Waals surface area contributed by atoms with Gasteiger partial charge in [-0.25, -0.2) is 4.79 Å². The number of alkyl halides is 1. The molecule has 0 unspecified atom stereocenters. The summed E-state index contributed by atoms with van der Waals surface area (Å²) in [4.78, 5) is 12.6. The summed E-state index contributed by atoms with van der Waals surface area (Å²) in [6, 6.07) is 17.6. The molecular formula is C15H13BrN2O. The predicted molar refractivity (Wildman–Crippen MR) is 81.3 cm³/mol. The Morgan fingerprint density at radius 2 is 1.53 bits per heavy atom. The first-order valence-electron chi connectivity index (χ1n) is 6.14. The molecule has 0 amide bonds. The van der Waals surface area contributed by atoms with Crippen molar-refractivity contribution in [1.29, 1.82) is 0 Å². The Morgan fingerprint density at radius 1 is 0.895 bits per heavy atom. The van der Waals surface area contributed by atoms with Gasteiger partial charge in [0.05, 0.1) is 16.7 Å². The monoisotopic (exact) mass is 316 g/mol. The number of hydrogen-bond donors (Lipinski definition) is 0. The van der Waals surface area contributed by atoms with Crippen molar-refractivity contribution in [2.75, 3.05) is 5.33 Å². The van der Waals surface area contributed by atoms with Crippen molar-refractivity contribution in [3.05, 3.63) is 65.1 Å². The largest absolute Gasteiger partial charge is 0.333 e. The van der Waals surface area contributed by atoms with Crippen molar-refractivity contribution in [3.8, 4) is 5.69 Å². The summed E-state index contributed by atoms with van der Waals surface area (Å²) in [6.07, 6.45) is 0. The minimum absolute atomic E-state index is 0.00634. The van der Waals surface area contributed by atoms with Gasteiger partial charge in [-0.3, -0.25) is 9.13 Å². The molecular weight excluding hydrogens is 304 g/mol. The highest BCUT2D eigenvalue weighted by Crippen LogP contribution is 2.17. The van der Waals surface area contributed by atoms with E-state index >= 15 is 0 Å². The minimum Gasteiger partial charge on any atom is -0.291 e. The van der Waals surface area contributed by atoms with Crippen LogP contribution in [-0.4, -0.2) is 14.5 Å². The lowest BCUT2D eigenvalue weighted by Gasteiger charge is -2.01. The molecule has 2 aromatic carbocycles. The third-order valence-corrected chi connectivity index (χ3v) is 3.51. The van der Waals surface area contributed by atoms with Crippen molar-refractivity contribution in [2.45, 2.75) is 6.54 Å². The first-order valence-corrected chi connectivity index (χ1v) is 7.27. The molecule has 0 fully saturated rings. The molecule has 0 aliphatic carbocycles. The SMILES string of the molecule is O=c1n(CCBr)c2ccccc2n1-c1ccccc1. The smallest absolute Gasteiger partial charge is 0.291 e. The number of fused-ring (bicyclic) bond motifs is 1. The Hall–Kier alpha value is -1.81. The van der Waals surface area contributed by atoms with Crippen LogP contribution in [0.3, 0.4) is 0 Å². The van der Waals surface area contributed by atoms with E-state index in [0.717, 1.165) is 22.1 Å². The Kier molecular flexibility index (Phi) is 3.25. The summed E-state index contributed by atoms with van der Waals surface area (Å²) in [7, 11) is 0. The molecule has 0 aliphatic heterocycles. The standard InChI is InChI=1S/C15H13BrN2O/c16-10-11-17-13-8-4-5-9-14(13)18(15(17)19)12-6-2-1-3-7-12/h1-9H,10-11H2. The molecule has 19 heavy (non-hydrogen) atoms. The first-order chi connectivity index (χ1) is 9.33. The average molecular weight is 317 g/mol. The summed E-state index contributed by atoms with van der Waals surface area (Å²) < 4.78 is 3.56. The van der Waals surface area contributed by atoms with Gasteiger partial charge in [0.2, 0.25) is 0 Å². The summed E-state index contributed by atoms with van der Waals surface area (Å²) >= 11 is 3.40. The zero-order valence-corrected chi connectivity index (χ0v) is 11.9. The zero-order chi connectivity index (χ0) is 13.2. The van der Waals surface area contributed by atoms with Crippen molar-refractivity contribution in [3.63, 3.8) is 0 Å². The van der Waals surface area contributed by atoms with E-state index in [1.807, 2.05) is 54.6 Å². The number of imidazole rings is 1. The lowest BCUT2D eigenvalue weighted by atomic mass is 10.3.